The van der Waals surface area contributed by atoms with E-state index in [1.54, 1.807) is 12.1 Å². The van der Waals surface area contributed by atoms with Crippen LogP contribution in [0.25, 0.3) is 0 Å². The van der Waals surface area contributed by atoms with Crippen LogP contribution in [0.5, 0.6) is 0 Å². The Bertz CT molecular complexity index is 929. The fourth-order valence-electron chi connectivity index (χ4n) is 2.60. The fraction of sp³-hybridized carbons (Fsp3) is 0.500. The lowest BCUT2D eigenvalue weighted by Crippen LogP contribution is -2.41. The fourth-order valence-corrected chi connectivity index (χ4v) is 4.69. The number of sulfonamides is 1. The van der Waals surface area contributed by atoms with Crippen LogP contribution in [0, 0.1) is 6.92 Å². The smallest absolute Gasteiger partial charge is 0.243 e. The number of carbonyl (C=O) groups is 1. The number of rotatable bonds is 8. The van der Waals surface area contributed by atoms with Crippen molar-refractivity contribution < 1.29 is 13.2 Å². The minimum absolute atomic E-state index is 0.0708. The topological polar surface area (TPSA) is 82.6 Å². The molecule has 9 heteroatoms. The van der Waals surface area contributed by atoms with Gasteiger partial charge in [-0.25, -0.2) is 13.4 Å². The van der Waals surface area contributed by atoms with Gasteiger partial charge in [-0.3, -0.25) is 4.79 Å². The molecule has 160 valence electrons. The first-order chi connectivity index (χ1) is 13.4. The Kier molecular flexibility index (Phi) is 7.56. The molecule has 0 saturated carbocycles. The quantitative estimate of drug-likeness (QED) is 0.685. The van der Waals surface area contributed by atoms with Crippen molar-refractivity contribution in [2.24, 2.45) is 0 Å². The lowest BCUT2D eigenvalue weighted by molar-refractivity contribution is -0.116. The van der Waals surface area contributed by atoms with Gasteiger partial charge >= 0.3 is 0 Å². The van der Waals surface area contributed by atoms with Gasteiger partial charge in [-0.15, -0.1) is 11.3 Å². The summed E-state index contributed by atoms with van der Waals surface area (Å²) in [6, 6.07) is 6.88. The van der Waals surface area contributed by atoms with Crippen LogP contribution in [-0.4, -0.2) is 62.2 Å². The number of likely N-dealkylation sites (N-methyl/N-ethyl adjacent to an activating group) is 1. The summed E-state index contributed by atoms with van der Waals surface area (Å²) in [7, 11) is -0.0874. The van der Waals surface area contributed by atoms with E-state index in [1.807, 2.05) is 43.4 Å². The van der Waals surface area contributed by atoms with Gasteiger partial charge in [-0.2, -0.15) is 4.31 Å². The number of carbonyl (C=O) groups excluding carboxylic acids is 1. The first-order valence-corrected chi connectivity index (χ1v) is 11.7. The molecule has 1 amide bonds. The summed E-state index contributed by atoms with van der Waals surface area (Å²) in [5.74, 6) is -0.409. The molecule has 0 fully saturated rings. The minimum Gasteiger partial charge on any atom is -0.308 e. The van der Waals surface area contributed by atoms with Crippen molar-refractivity contribution in [3.05, 3.63) is 40.9 Å². The van der Waals surface area contributed by atoms with Crippen LogP contribution < -0.4 is 5.32 Å². The first-order valence-electron chi connectivity index (χ1n) is 9.37. The number of aryl methyl sites for hydroxylation is 1. The zero-order valence-corrected chi connectivity index (χ0v) is 19.5. The summed E-state index contributed by atoms with van der Waals surface area (Å²) < 4.78 is 27.6. The van der Waals surface area contributed by atoms with Crippen molar-refractivity contribution >= 4 is 32.4 Å². The van der Waals surface area contributed by atoms with E-state index in [4.69, 9.17) is 0 Å². The lowest BCUT2D eigenvalue weighted by Gasteiger charge is -2.24. The van der Waals surface area contributed by atoms with Crippen LogP contribution in [0.1, 0.15) is 32.0 Å². The van der Waals surface area contributed by atoms with E-state index in [2.05, 4.69) is 31.1 Å². The highest BCUT2D eigenvalue weighted by Gasteiger charge is 2.27. The van der Waals surface area contributed by atoms with E-state index < -0.39 is 15.9 Å². The molecule has 2 rings (SSSR count). The number of aromatic nitrogens is 1. The number of amides is 1. The van der Waals surface area contributed by atoms with E-state index in [-0.39, 0.29) is 23.4 Å². The van der Waals surface area contributed by atoms with Gasteiger partial charge in [0.15, 0.2) is 5.13 Å². The Labute approximate surface area is 177 Å². The first kappa shape index (κ1) is 23.5. The maximum Gasteiger partial charge on any atom is 0.243 e. The van der Waals surface area contributed by atoms with E-state index in [0.717, 1.165) is 11.3 Å². The van der Waals surface area contributed by atoms with Gasteiger partial charge in [0, 0.05) is 18.5 Å². The third kappa shape index (κ3) is 6.60. The second-order valence-corrected chi connectivity index (χ2v) is 11.1. The van der Waals surface area contributed by atoms with Gasteiger partial charge in [0.1, 0.15) is 0 Å². The highest BCUT2D eigenvalue weighted by atomic mass is 32.2. The van der Waals surface area contributed by atoms with Gasteiger partial charge in [0.25, 0.3) is 0 Å². The van der Waals surface area contributed by atoms with Gasteiger partial charge in [-0.1, -0.05) is 32.9 Å². The van der Waals surface area contributed by atoms with E-state index in [1.165, 1.54) is 15.6 Å². The number of nitrogens with zero attached hydrogens (tertiary/aromatic N) is 3. The Morgan fingerprint density at radius 2 is 1.76 bits per heavy atom. The number of benzene rings is 1. The van der Waals surface area contributed by atoms with Gasteiger partial charge in [-0.05, 0) is 44.1 Å². The molecule has 0 aliphatic heterocycles. The molecule has 0 radical (unpaired) electrons. The Balaban J connectivity index is 2.23. The zero-order valence-electron chi connectivity index (χ0n) is 17.9. The van der Waals surface area contributed by atoms with Crippen LogP contribution >= 0.6 is 11.3 Å². The van der Waals surface area contributed by atoms with Crippen LogP contribution in [0.4, 0.5) is 5.13 Å². The maximum atomic E-state index is 13.2. The molecule has 29 heavy (non-hydrogen) atoms. The van der Waals surface area contributed by atoms with Crippen molar-refractivity contribution in [2.45, 2.75) is 38.0 Å². The number of anilines is 1. The minimum atomic E-state index is -3.81. The molecule has 1 heterocycles. The molecule has 0 bridgehead atoms. The van der Waals surface area contributed by atoms with E-state index >= 15 is 0 Å². The molecule has 1 aromatic heterocycles. The molecule has 1 N–H and O–H groups in total. The van der Waals surface area contributed by atoms with Crippen molar-refractivity contribution in [1.29, 1.82) is 0 Å². The van der Waals surface area contributed by atoms with E-state index in [0.29, 0.717) is 11.7 Å². The average molecular weight is 439 g/mol. The number of thiazole rings is 1. The molecule has 0 saturated heterocycles. The number of nitrogens with one attached hydrogen (secondary N) is 1. The van der Waals surface area contributed by atoms with Crippen molar-refractivity contribution in [3.8, 4) is 0 Å². The summed E-state index contributed by atoms with van der Waals surface area (Å²) in [6.45, 7) is 8.50. The maximum absolute atomic E-state index is 13.2. The van der Waals surface area contributed by atoms with Crippen LogP contribution in [0.3, 0.4) is 0 Å². The van der Waals surface area contributed by atoms with Crippen molar-refractivity contribution in [2.75, 3.05) is 39.0 Å². The molecule has 0 aliphatic rings. The third-order valence-corrected chi connectivity index (χ3v) is 7.08. The third-order valence-electron chi connectivity index (χ3n) is 4.34. The van der Waals surface area contributed by atoms with Gasteiger partial charge < -0.3 is 10.2 Å². The van der Waals surface area contributed by atoms with Crippen LogP contribution in [-0.2, 0) is 20.2 Å². The van der Waals surface area contributed by atoms with Gasteiger partial charge in [0.05, 0.1) is 17.1 Å². The highest BCUT2D eigenvalue weighted by molar-refractivity contribution is 7.89. The Morgan fingerprint density at radius 1 is 1.14 bits per heavy atom. The number of hydrogen-bond donors (Lipinski definition) is 1. The van der Waals surface area contributed by atoms with Crippen molar-refractivity contribution in [3.63, 3.8) is 0 Å². The van der Waals surface area contributed by atoms with Crippen molar-refractivity contribution in [1.82, 2.24) is 14.2 Å². The molecule has 0 atom stereocenters. The standard InChI is InChI=1S/C20H30N4O3S2/c1-15-14-28-19(21-15)22-18(25)13-24(12-11-23(5)6)29(26,27)17-9-7-16(8-10-17)20(2,3)4/h7-10,14H,11-13H2,1-6H3,(H,21,22,25). The Hall–Kier alpha value is -1.81. The SMILES string of the molecule is Cc1csc(NC(=O)CN(CCN(C)C)S(=O)(=O)c2ccc(C(C)(C)C)cc2)n1. The summed E-state index contributed by atoms with van der Waals surface area (Å²) in [5.41, 5.74) is 1.79. The monoisotopic (exact) mass is 438 g/mol. The zero-order chi connectivity index (χ0) is 21.8. The summed E-state index contributed by atoms with van der Waals surface area (Å²) in [6.07, 6.45) is 0. The molecular weight excluding hydrogens is 408 g/mol. The van der Waals surface area contributed by atoms with Crippen LogP contribution in [0.2, 0.25) is 0 Å². The summed E-state index contributed by atoms with van der Waals surface area (Å²) in [5, 5.41) is 4.97. The molecule has 2 aromatic rings. The van der Waals surface area contributed by atoms with E-state index in [9.17, 15) is 13.2 Å². The predicted octanol–water partition coefficient (Wildman–Crippen LogP) is 2.94. The Morgan fingerprint density at radius 3 is 2.24 bits per heavy atom. The molecule has 0 spiro atoms. The van der Waals surface area contributed by atoms with Gasteiger partial charge in [0.2, 0.25) is 15.9 Å². The normalized spacial score (nSPS) is 12.6. The second-order valence-electron chi connectivity index (χ2n) is 8.26. The molecule has 0 aliphatic carbocycles. The summed E-state index contributed by atoms with van der Waals surface area (Å²) in [4.78, 5) is 18.7. The lowest BCUT2D eigenvalue weighted by atomic mass is 9.87. The molecule has 1 aromatic carbocycles. The largest absolute Gasteiger partial charge is 0.308 e. The molecule has 0 unspecified atom stereocenters. The summed E-state index contributed by atoms with van der Waals surface area (Å²) >= 11 is 1.31. The molecule has 7 nitrogen and oxygen atoms in total. The van der Waals surface area contributed by atoms with Crippen LogP contribution in [0.15, 0.2) is 34.5 Å². The molecular formula is C20H30N4O3S2. The highest BCUT2D eigenvalue weighted by Crippen LogP contribution is 2.25. The predicted molar refractivity (Wildman–Crippen MR) is 118 cm³/mol. The second kappa shape index (κ2) is 9.34. The average Bonchev–Trinajstić information content (AvgIpc) is 3.02. The number of hydrogen-bond acceptors (Lipinski definition) is 6.